The molecule has 11 heteroatoms. The summed E-state index contributed by atoms with van der Waals surface area (Å²) in [6.45, 7) is 3.42. The molecular weight excluding hydrogens is 519 g/mol. The first-order valence-electron chi connectivity index (χ1n) is 11.3. The Hall–Kier alpha value is -3.54. The smallest absolute Gasteiger partial charge is 0.339 e. The number of halogens is 1. The van der Waals surface area contributed by atoms with Crippen molar-refractivity contribution in [2.75, 3.05) is 7.11 Å². The van der Waals surface area contributed by atoms with E-state index in [1.807, 2.05) is 0 Å². The predicted molar refractivity (Wildman–Crippen MR) is 137 cm³/mol. The number of hydrogen-bond acceptors (Lipinski definition) is 7. The number of benzene rings is 3. The molecule has 0 saturated heterocycles. The summed E-state index contributed by atoms with van der Waals surface area (Å²) in [5.41, 5.74) is 0.829. The second-order valence-corrected chi connectivity index (χ2v) is 11.9. The molecule has 8 nitrogen and oxygen atoms in total. The number of hydrogen-bond donors (Lipinski definition) is 0. The standard InChI is InChI=1S/C26H25FN2O6S2/c1-18(2)29(36(30,31)25-8-4-6-20-7-5-15-28-26(20)25)17-19-9-14-23(34-3)24(16-19)35-37(32,33)22-12-10-21(27)11-13-22/h4-16,18H,17H2,1-3H3. The topological polar surface area (TPSA) is 103 Å². The van der Waals surface area contributed by atoms with E-state index in [0.717, 1.165) is 24.3 Å². The van der Waals surface area contributed by atoms with Gasteiger partial charge in [0.05, 0.1) is 12.6 Å². The summed E-state index contributed by atoms with van der Waals surface area (Å²) < 4.78 is 78.2. The highest BCUT2D eigenvalue weighted by molar-refractivity contribution is 7.89. The van der Waals surface area contributed by atoms with Crippen molar-refractivity contribution < 1.29 is 30.1 Å². The largest absolute Gasteiger partial charge is 0.493 e. The van der Waals surface area contributed by atoms with Gasteiger partial charge in [-0.15, -0.1) is 0 Å². The molecule has 0 aliphatic heterocycles. The lowest BCUT2D eigenvalue weighted by Gasteiger charge is -2.26. The van der Waals surface area contributed by atoms with E-state index in [1.165, 1.54) is 35.8 Å². The fourth-order valence-corrected chi connectivity index (χ4v) is 6.51. The molecule has 0 spiro atoms. The summed E-state index contributed by atoms with van der Waals surface area (Å²) in [7, 11) is -6.95. The van der Waals surface area contributed by atoms with E-state index < -0.39 is 32.0 Å². The number of para-hydroxylation sites is 1. The van der Waals surface area contributed by atoms with Crippen LogP contribution in [0.1, 0.15) is 19.4 Å². The Balaban J connectivity index is 1.70. The molecule has 0 saturated carbocycles. The van der Waals surface area contributed by atoms with Crippen LogP contribution in [0.2, 0.25) is 0 Å². The highest BCUT2D eigenvalue weighted by Gasteiger charge is 2.30. The van der Waals surface area contributed by atoms with Gasteiger partial charge in [-0.3, -0.25) is 4.98 Å². The van der Waals surface area contributed by atoms with Crippen molar-refractivity contribution in [1.29, 1.82) is 0 Å². The molecule has 4 aromatic rings. The first-order valence-corrected chi connectivity index (χ1v) is 14.1. The maximum atomic E-state index is 13.7. The van der Waals surface area contributed by atoms with Crippen LogP contribution in [0.5, 0.6) is 11.5 Å². The summed E-state index contributed by atoms with van der Waals surface area (Å²) in [5.74, 6) is -0.584. The summed E-state index contributed by atoms with van der Waals surface area (Å²) in [4.78, 5) is 4.11. The van der Waals surface area contributed by atoms with Crippen LogP contribution in [-0.2, 0) is 26.7 Å². The Bertz CT molecular complexity index is 1630. The average molecular weight is 545 g/mol. The number of fused-ring (bicyclic) bond motifs is 1. The highest BCUT2D eigenvalue weighted by Crippen LogP contribution is 2.33. The summed E-state index contributed by atoms with van der Waals surface area (Å²) in [5, 5.41) is 0.693. The molecular formula is C26H25FN2O6S2. The van der Waals surface area contributed by atoms with Gasteiger partial charge in [0.1, 0.15) is 15.6 Å². The number of sulfonamides is 1. The van der Waals surface area contributed by atoms with Crippen LogP contribution in [0.15, 0.2) is 88.8 Å². The van der Waals surface area contributed by atoms with Crippen molar-refractivity contribution in [1.82, 2.24) is 9.29 Å². The van der Waals surface area contributed by atoms with Gasteiger partial charge in [-0.25, -0.2) is 12.8 Å². The average Bonchev–Trinajstić information content (AvgIpc) is 2.86. The zero-order chi connectivity index (χ0) is 26.8. The van der Waals surface area contributed by atoms with Crippen molar-refractivity contribution in [2.45, 2.75) is 36.2 Å². The van der Waals surface area contributed by atoms with Crippen molar-refractivity contribution in [2.24, 2.45) is 0 Å². The minimum atomic E-state index is -4.31. The minimum Gasteiger partial charge on any atom is -0.493 e. The van der Waals surface area contributed by atoms with Gasteiger partial charge in [-0.2, -0.15) is 12.7 Å². The number of methoxy groups -OCH3 is 1. The molecule has 0 amide bonds. The second kappa shape index (κ2) is 10.4. The fraction of sp³-hybridized carbons (Fsp3) is 0.192. The molecule has 0 atom stereocenters. The van der Waals surface area contributed by atoms with Gasteiger partial charge >= 0.3 is 10.1 Å². The molecule has 0 aliphatic carbocycles. The van der Waals surface area contributed by atoms with Crippen LogP contribution in [0.25, 0.3) is 10.9 Å². The fourth-order valence-electron chi connectivity index (χ4n) is 3.79. The first kappa shape index (κ1) is 26.5. The van der Waals surface area contributed by atoms with Gasteiger partial charge in [-0.1, -0.05) is 24.3 Å². The Morgan fingerprint density at radius 1 is 0.919 bits per heavy atom. The van der Waals surface area contributed by atoms with Gasteiger partial charge in [0.15, 0.2) is 11.5 Å². The lowest BCUT2D eigenvalue weighted by Crippen LogP contribution is -2.36. The number of aromatic nitrogens is 1. The van der Waals surface area contributed by atoms with Gasteiger partial charge in [0.2, 0.25) is 10.0 Å². The molecule has 0 aliphatic rings. The molecule has 1 aromatic heterocycles. The Morgan fingerprint density at radius 2 is 1.62 bits per heavy atom. The number of pyridine rings is 1. The zero-order valence-electron chi connectivity index (χ0n) is 20.3. The van der Waals surface area contributed by atoms with Crippen LogP contribution in [-0.4, -0.2) is 39.3 Å². The van der Waals surface area contributed by atoms with Crippen LogP contribution >= 0.6 is 0 Å². The van der Waals surface area contributed by atoms with E-state index in [4.69, 9.17) is 8.92 Å². The lowest BCUT2D eigenvalue weighted by atomic mass is 10.2. The number of nitrogens with zero attached hydrogens (tertiary/aromatic N) is 2. The van der Waals surface area contributed by atoms with E-state index >= 15 is 0 Å². The normalized spacial score (nSPS) is 12.3. The van der Waals surface area contributed by atoms with E-state index in [2.05, 4.69) is 4.98 Å². The van der Waals surface area contributed by atoms with Gasteiger partial charge in [0, 0.05) is 24.2 Å². The quantitative estimate of drug-likeness (QED) is 0.280. The van der Waals surface area contributed by atoms with Crippen molar-refractivity contribution in [3.63, 3.8) is 0 Å². The predicted octanol–water partition coefficient (Wildman–Crippen LogP) is 4.75. The van der Waals surface area contributed by atoms with Crippen molar-refractivity contribution >= 4 is 31.0 Å². The third-order valence-electron chi connectivity index (χ3n) is 5.63. The van der Waals surface area contributed by atoms with Gasteiger partial charge < -0.3 is 8.92 Å². The maximum absolute atomic E-state index is 13.7. The van der Waals surface area contributed by atoms with Crippen LogP contribution in [0.3, 0.4) is 0 Å². The van der Waals surface area contributed by atoms with E-state index in [9.17, 15) is 21.2 Å². The Kier molecular flexibility index (Phi) is 7.49. The monoisotopic (exact) mass is 544 g/mol. The van der Waals surface area contributed by atoms with Gasteiger partial charge in [0.25, 0.3) is 0 Å². The number of ether oxygens (including phenoxy) is 1. The van der Waals surface area contributed by atoms with Crippen LogP contribution < -0.4 is 8.92 Å². The van der Waals surface area contributed by atoms with Crippen molar-refractivity contribution in [3.05, 3.63) is 90.4 Å². The zero-order valence-corrected chi connectivity index (χ0v) is 22.0. The van der Waals surface area contributed by atoms with Crippen molar-refractivity contribution in [3.8, 4) is 11.5 Å². The summed E-state index contributed by atoms with van der Waals surface area (Å²) in [6, 6.07) is 16.8. The number of rotatable bonds is 9. The molecule has 0 fully saturated rings. The van der Waals surface area contributed by atoms with E-state index in [-0.39, 0.29) is 27.8 Å². The van der Waals surface area contributed by atoms with Crippen LogP contribution in [0.4, 0.5) is 4.39 Å². The molecule has 4 rings (SSSR count). The second-order valence-electron chi connectivity index (χ2n) is 8.45. The van der Waals surface area contributed by atoms with Crippen LogP contribution in [0, 0.1) is 5.82 Å². The minimum absolute atomic E-state index is 0.0693. The first-order chi connectivity index (χ1) is 17.5. The molecule has 0 bridgehead atoms. The summed E-state index contributed by atoms with van der Waals surface area (Å²) >= 11 is 0. The van der Waals surface area contributed by atoms with Gasteiger partial charge in [-0.05, 0) is 67.9 Å². The molecule has 0 N–H and O–H groups in total. The van der Waals surface area contributed by atoms with E-state index in [0.29, 0.717) is 16.5 Å². The molecule has 0 unspecified atom stereocenters. The molecule has 0 radical (unpaired) electrons. The Morgan fingerprint density at radius 3 is 2.30 bits per heavy atom. The molecule has 194 valence electrons. The SMILES string of the molecule is COc1ccc(CN(C(C)C)S(=O)(=O)c2cccc3cccnc23)cc1OS(=O)(=O)c1ccc(F)cc1. The summed E-state index contributed by atoms with van der Waals surface area (Å²) in [6.07, 6.45) is 1.54. The highest BCUT2D eigenvalue weighted by atomic mass is 32.2. The molecule has 37 heavy (non-hydrogen) atoms. The molecule has 3 aromatic carbocycles. The third-order valence-corrected chi connectivity index (χ3v) is 8.93. The van der Waals surface area contributed by atoms with E-state index in [1.54, 1.807) is 44.2 Å². The third kappa shape index (κ3) is 5.58. The molecule has 1 heterocycles. The Labute approximate surface area is 215 Å². The lowest BCUT2D eigenvalue weighted by molar-refractivity contribution is 0.347. The maximum Gasteiger partial charge on any atom is 0.339 e.